The molecule has 1 aromatic heterocycles. The van der Waals surface area contributed by atoms with Gasteiger partial charge in [-0.2, -0.15) is 0 Å². The fraction of sp³-hybridized carbons (Fsp3) is 0.261. The fourth-order valence-electron chi connectivity index (χ4n) is 3.48. The molecular formula is C23H22N4O4S. The van der Waals surface area contributed by atoms with Crippen molar-refractivity contribution in [1.29, 1.82) is 0 Å². The molecular weight excluding hydrogens is 428 g/mol. The third-order valence-corrected chi connectivity index (χ3v) is 5.86. The number of hydrogen-bond acceptors (Lipinski definition) is 7. The van der Waals surface area contributed by atoms with Crippen molar-refractivity contribution in [3.05, 3.63) is 69.7 Å². The Morgan fingerprint density at radius 2 is 1.78 bits per heavy atom. The first-order valence-corrected chi connectivity index (χ1v) is 11.2. The molecule has 0 unspecified atom stereocenters. The predicted molar refractivity (Wildman–Crippen MR) is 120 cm³/mol. The van der Waals surface area contributed by atoms with Crippen molar-refractivity contribution in [2.24, 2.45) is 0 Å². The molecule has 0 bridgehead atoms. The molecule has 0 fully saturated rings. The largest absolute Gasteiger partial charge is 0.493 e. The summed E-state index contributed by atoms with van der Waals surface area (Å²) in [7, 11) is 0. The normalized spacial score (nSPS) is 12.8. The van der Waals surface area contributed by atoms with Crippen molar-refractivity contribution in [1.82, 2.24) is 15.1 Å². The van der Waals surface area contributed by atoms with Crippen molar-refractivity contribution in [2.45, 2.75) is 33.2 Å². The van der Waals surface area contributed by atoms with Crippen LogP contribution in [0.4, 0.5) is 5.13 Å². The highest BCUT2D eigenvalue weighted by Gasteiger charge is 2.35. The van der Waals surface area contributed by atoms with Gasteiger partial charge in [-0.1, -0.05) is 36.5 Å². The maximum absolute atomic E-state index is 13.0. The van der Waals surface area contributed by atoms with Crippen LogP contribution in [0.15, 0.2) is 42.5 Å². The van der Waals surface area contributed by atoms with Crippen LogP contribution in [-0.2, 0) is 13.0 Å². The number of rotatable bonds is 8. The van der Waals surface area contributed by atoms with Crippen molar-refractivity contribution >= 4 is 34.2 Å². The third kappa shape index (κ3) is 4.24. The van der Waals surface area contributed by atoms with Crippen molar-refractivity contribution in [2.75, 3.05) is 11.9 Å². The Kier molecular flexibility index (Phi) is 6.27. The van der Waals surface area contributed by atoms with E-state index in [1.165, 1.54) is 16.2 Å². The van der Waals surface area contributed by atoms with Gasteiger partial charge in [0.05, 0.1) is 29.8 Å². The monoisotopic (exact) mass is 450 g/mol. The maximum Gasteiger partial charge on any atom is 0.261 e. The number of carbonyl (C=O) groups excluding carboxylic acids is 3. The average molecular weight is 451 g/mol. The summed E-state index contributed by atoms with van der Waals surface area (Å²) in [4.78, 5) is 39.5. The number of fused-ring (bicyclic) bond motifs is 1. The second-order valence-corrected chi connectivity index (χ2v) is 8.27. The number of benzene rings is 2. The molecule has 0 atom stereocenters. The van der Waals surface area contributed by atoms with Crippen LogP contribution in [-0.4, -0.2) is 39.4 Å². The van der Waals surface area contributed by atoms with Gasteiger partial charge >= 0.3 is 0 Å². The number of amides is 3. The molecule has 3 amide bonds. The molecule has 2 aromatic carbocycles. The summed E-state index contributed by atoms with van der Waals surface area (Å²) in [5.74, 6) is -0.670. The van der Waals surface area contributed by atoms with Gasteiger partial charge in [0.1, 0.15) is 10.8 Å². The summed E-state index contributed by atoms with van der Waals surface area (Å²) in [6.45, 7) is 4.32. The van der Waals surface area contributed by atoms with Gasteiger partial charge in [-0.25, -0.2) is 0 Å². The van der Waals surface area contributed by atoms with E-state index < -0.39 is 5.91 Å². The van der Waals surface area contributed by atoms with E-state index in [1.54, 1.807) is 42.5 Å². The van der Waals surface area contributed by atoms with Gasteiger partial charge in [0.15, 0.2) is 0 Å². The number of ether oxygens (including phenoxy) is 1. The first kappa shape index (κ1) is 21.6. The summed E-state index contributed by atoms with van der Waals surface area (Å²) in [6.07, 6.45) is 1.74. The number of carbonyl (C=O) groups is 3. The number of nitrogens with zero attached hydrogens (tertiary/aromatic N) is 3. The molecule has 3 aromatic rings. The van der Waals surface area contributed by atoms with E-state index in [0.29, 0.717) is 39.7 Å². The zero-order valence-electron chi connectivity index (χ0n) is 17.8. The lowest BCUT2D eigenvalue weighted by Crippen LogP contribution is -2.29. The molecule has 1 aliphatic heterocycles. The summed E-state index contributed by atoms with van der Waals surface area (Å²) >= 11 is 1.33. The number of aryl methyl sites for hydroxylation is 1. The summed E-state index contributed by atoms with van der Waals surface area (Å²) in [5.41, 5.74) is 1.71. The lowest BCUT2D eigenvalue weighted by molar-refractivity contribution is 0.0642. The highest BCUT2D eigenvalue weighted by atomic mass is 32.1. The number of hydrogen-bond donors (Lipinski definition) is 1. The van der Waals surface area contributed by atoms with Crippen LogP contribution < -0.4 is 10.1 Å². The molecule has 1 aliphatic rings. The average Bonchev–Trinajstić information content (AvgIpc) is 3.33. The summed E-state index contributed by atoms with van der Waals surface area (Å²) < 4.78 is 5.62. The molecule has 0 aliphatic carbocycles. The van der Waals surface area contributed by atoms with Crippen molar-refractivity contribution in [3.8, 4) is 5.75 Å². The molecule has 0 radical (unpaired) electrons. The van der Waals surface area contributed by atoms with Crippen LogP contribution in [0.1, 0.15) is 61.9 Å². The van der Waals surface area contributed by atoms with E-state index in [2.05, 4.69) is 15.5 Å². The van der Waals surface area contributed by atoms with Crippen LogP contribution in [0.3, 0.4) is 0 Å². The molecule has 4 rings (SSSR count). The van der Waals surface area contributed by atoms with E-state index in [-0.39, 0.29) is 18.4 Å². The van der Waals surface area contributed by atoms with E-state index in [9.17, 15) is 14.4 Å². The van der Waals surface area contributed by atoms with E-state index in [4.69, 9.17) is 4.74 Å². The molecule has 9 heteroatoms. The smallest absolute Gasteiger partial charge is 0.261 e. The number of aromatic nitrogens is 2. The van der Waals surface area contributed by atoms with Crippen molar-refractivity contribution < 1.29 is 19.1 Å². The Morgan fingerprint density at radius 3 is 2.44 bits per heavy atom. The van der Waals surface area contributed by atoms with Crippen molar-refractivity contribution in [3.63, 3.8) is 0 Å². The van der Waals surface area contributed by atoms with Gasteiger partial charge in [-0.05, 0) is 43.2 Å². The highest BCUT2D eigenvalue weighted by molar-refractivity contribution is 7.15. The maximum atomic E-state index is 13.0. The lowest BCUT2D eigenvalue weighted by atomic mass is 10.1. The Balaban J connectivity index is 1.57. The van der Waals surface area contributed by atoms with E-state index >= 15 is 0 Å². The minimum Gasteiger partial charge on any atom is -0.493 e. The molecule has 164 valence electrons. The number of imide groups is 1. The second-order valence-electron chi connectivity index (χ2n) is 7.21. The Labute approximate surface area is 189 Å². The molecule has 32 heavy (non-hydrogen) atoms. The van der Waals surface area contributed by atoms with E-state index in [1.807, 2.05) is 13.8 Å². The summed E-state index contributed by atoms with van der Waals surface area (Å²) in [5, 5.41) is 12.1. The van der Waals surface area contributed by atoms with Crippen LogP contribution in [0.25, 0.3) is 0 Å². The van der Waals surface area contributed by atoms with Crippen LogP contribution >= 0.6 is 11.3 Å². The number of nitrogens with one attached hydrogen (secondary N) is 1. The lowest BCUT2D eigenvalue weighted by Gasteiger charge is -2.16. The molecule has 0 saturated carbocycles. The molecule has 0 spiro atoms. The molecule has 0 saturated heterocycles. The van der Waals surface area contributed by atoms with Crippen LogP contribution in [0.2, 0.25) is 0 Å². The minimum atomic E-state index is -0.392. The first-order valence-electron chi connectivity index (χ1n) is 10.4. The zero-order valence-corrected chi connectivity index (χ0v) is 18.6. The predicted octanol–water partition coefficient (Wildman–Crippen LogP) is 3.94. The first-order chi connectivity index (χ1) is 15.5. The highest BCUT2D eigenvalue weighted by Crippen LogP contribution is 2.27. The number of anilines is 1. The van der Waals surface area contributed by atoms with Gasteiger partial charge in [0.2, 0.25) is 5.13 Å². The van der Waals surface area contributed by atoms with E-state index in [0.717, 1.165) is 17.8 Å². The minimum absolute atomic E-state index is 0.0541. The van der Waals surface area contributed by atoms with Crippen LogP contribution in [0, 0.1) is 0 Å². The molecule has 8 nitrogen and oxygen atoms in total. The van der Waals surface area contributed by atoms with Gasteiger partial charge in [-0.15, -0.1) is 10.2 Å². The zero-order chi connectivity index (χ0) is 22.7. The summed E-state index contributed by atoms with van der Waals surface area (Å²) in [6, 6.07) is 11.8. The fourth-order valence-corrected chi connectivity index (χ4v) is 4.32. The topological polar surface area (TPSA) is 101 Å². The second kappa shape index (κ2) is 9.27. The third-order valence-electron chi connectivity index (χ3n) is 4.96. The Hall–Kier alpha value is -3.59. The van der Waals surface area contributed by atoms with Gasteiger partial charge in [-0.3, -0.25) is 24.6 Å². The van der Waals surface area contributed by atoms with Gasteiger partial charge < -0.3 is 4.74 Å². The van der Waals surface area contributed by atoms with Crippen LogP contribution in [0.5, 0.6) is 5.75 Å². The van der Waals surface area contributed by atoms with Gasteiger partial charge in [0, 0.05) is 6.42 Å². The molecule has 1 N–H and O–H groups in total. The quantitative estimate of drug-likeness (QED) is 0.522. The Morgan fingerprint density at radius 1 is 1.06 bits per heavy atom. The Bertz CT molecular complexity index is 1160. The van der Waals surface area contributed by atoms with Gasteiger partial charge in [0.25, 0.3) is 17.7 Å². The standard InChI is InChI=1S/C23H22N4O4S/c1-3-7-19-25-26-23(32-19)24-20(28)17-12-14(10-11-18(17)31-4-2)13-27-21(29)15-8-5-6-9-16(15)22(27)30/h5-6,8-12H,3-4,7,13H2,1-2H3,(H,24,26,28). The SMILES string of the molecule is CCCc1nnc(NC(=O)c2cc(CN3C(=O)c4ccccc4C3=O)ccc2OCC)s1. The molecule has 2 heterocycles.